The summed E-state index contributed by atoms with van der Waals surface area (Å²) in [5, 5.41) is 3.61. The average Bonchev–Trinajstić information content (AvgIpc) is 2.73. The lowest BCUT2D eigenvalue weighted by Crippen LogP contribution is -2.18. The van der Waals surface area contributed by atoms with Crippen molar-refractivity contribution < 1.29 is 0 Å². The van der Waals surface area contributed by atoms with Gasteiger partial charge < -0.3 is 10.3 Å². The number of benzene rings is 1. The van der Waals surface area contributed by atoms with Crippen LogP contribution in [0.15, 0.2) is 41.5 Å². The van der Waals surface area contributed by atoms with Gasteiger partial charge in [0.15, 0.2) is 0 Å². The number of rotatable bonds is 3. The molecule has 0 atom stereocenters. The van der Waals surface area contributed by atoms with Crippen LogP contribution in [0, 0.1) is 0 Å². The Bertz CT molecular complexity index is 589. The quantitative estimate of drug-likeness (QED) is 0.841. The van der Waals surface area contributed by atoms with Gasteiger partial charge in [-0.3, -0.25) is 4.57 Å². The van der Waals surface area contributed by atoms with Crippen molar-refractivity contribution in [3.63, 3.8) is 0 Å². The highest BCUT2D eigenvalue weighted by Crippen LogP contribution is 2.21. The second-order valence-corrected chi connectivity index (χ2v) is 5.51. The second kappa shape index (κ2) is 5.99. The van der Waals surface area contributed by atoms with Crippen LogP contribution < -0.4 is 11.0 Å². The minimum atomic E-state index is -0.102. The molecule has 0 aliphatic heterocycles. The van der Waals surface area contributed by atoms with Gasteiger partial charge in [0.1, 0.15) is 0 Å². The molecule has 2 N–H and O–H groups in total. The van der Waals surface area contributed by atoms with E-state index in [1.165, 1.54) is 38.5 Å². The number of aromatic amines is 1. The molecule has 0 amide bonds. The maximum absolute atomic E-state index is 11.6. The van der Waals surface area contributed by atoms with E-state index >= 15 is 0 Å². The highest BCUT2D eigenvalue weighted by molar-refractivity contribution is 5.49. The Labute approximate surface area is 118 Å². The zero-order valence-corrected chi connectivity index (χ0v) is 11.6. The van der Waals surface area contributed by atoms with Crippen molar-refractivity contribution in [1.82, 2.24) is 9.55 Å². The summed E-state index contributed by atoms with van der Waals surface area (Å²) < 4.78 is 1.61. The Morgan fingerprint density at radius 1 is 1.05 bits per heavy atom. The van der Waals surface area contributed by atoms with E-state index in [1.807, 2.05) is 12.1 Å². The Hall–Kier alpha value is -1.97. The second-order valence-electron chi connectivity index (χ2n) is 5.51. The summed E-state index contributed by atoms with van der Waals surface area (Å²) in [6, 6.07) is 8.67. The number of anilines is 1. The highest BCUT2D eigenvalue weighted by atomic mass is 16.1. The van der Waals surface area contributed by atoms with Crippen LogP contribution in [0.25, 0.3) is 5.69 Å². The SMILES string of the molecule is O=c1[nH]ccn1-c1ccc(NC2CCCCCC2)cc1. The lowest BCUT2D eigenvalue weighted by atomic mass is 10.1. The first-order chi connectivity index (χ1) is 9.83. The van der Waals surface area contributed by atoms with E-state index in [2.05, 4.69) is 22.4 Å². The fourth-order valence-electron chi connectivity index (χ4n) is 2.90. The normalized spacial score (nSPS) is 16.8. The van der Waals surface area contributed by atoms with E-state index in [-0.39, 0.29) is 5.69 Å². The molecular weight excluding hydrogens is 250 g/mol. The number of hydrogen-bond donors (Lipinski definition) is 2. The minimum absolute atomic E-state index is 0.102. The molecule has 106 valence electrons. The largest absolute Gasteiger partial charge is 0.382 e. The fourth-order valence-corrected chi connectivity index (χ4v) is 2.90. The molecule has 1 aromatic heterocycles. The predicted octanol–water partition coefficient (Wildman–Crippen LogP) is 3.30. The van der Waals surface area contributed by atoms with Gasteiger partial charge in [0, 0.05) is 24.1 Å². The zero-order valence-electron chi connectivity index (χ0n) is 11.6. The van der Waals surface area contributed by atoms with Crippen molar-refractivity contribution in [2.45, 2.75) is 44.6 Å². The molecule has 2 aromatic rings. The highest BCUT2D eigenvalue weighted by Gasteiger charge is 2.11. The molecule has 1 fully saturated rings. The first-order valence-electron chi connectivity index (χ1n) is 7.46. The summed E-state index contributed by atoms with van der Waals surface area (Å²) in [5.41, 5.74) is 1.93. The van der Waals surface area contributed by atoms with E-state index in [4.69, 9.17) is 0 Å². The van der Waals surface area contributed by atoms with Crippen LogP contribution in [-0.4, -0.2) is 15.6 Å². The molecule has 20 heavy (non-hydrogen) atoms. The first kappa shape index (κ1) is 13.0. The van der Waals surface area contributed by atoms with E-state index in [0.717, 1.165) is 11.4 Å². The number of H-pyrrole nitrogens is 1. The molecule has 1 heterocycles. The van der Waals surface area contributed by atoms with Gasteiger partial charge >= 0.3 is 5.69 Å². The molecule has 4 heteroatoms. The number of hydrogen-bond acceptors (Lipinski definition) is 2. The van der Waals surface area contributed by atoms with Gasteiger partial charge in [0.05, 0.1) is 5.69 Å². The third-order valence-corrected chi connectivity index (χ3v) is 4.02. The Balaban J connectivity index is 1.70. The van der Waals surface area contributed by atoms with Crippen LogP contribution in [0.4, 0.5) is 5.69 Å². The van der Waals surface area contributed by atoms with Gasteiger partial charge in [-0.1, -0.05) is 25.7 Å². The Morgan fingerprint density at radius 3 is 2.35 bits per heavy atom. The maximum Gasteiger partial charge on any atom is 0.330 e. The third kappa shape index (κ3) is 2.95. The molecule has 0 radical (unpaired) electrons. The molecular formula is C16H21N3O. The molecule has 4 nitrogen and oxygen atoms in total. The third-order valence-electron chi connectivity index (χ3n) is 4.02. The molecule has 0 spiro atoms. The molecule has 0 unspecified atom stereocenters. The number of imidazole rings is 1. The number of aromatic nitrogens is 2. The van der Waals surface area contributed by atoms with Gasteiger partial charge in [0.25, 0.3) is 0 Å². The maximum atomic E-state index is 11.6. The van der Waals surface area contributed by atoms with Crippen molar-refractivity contribution in [3.05, 3.63) is 47.1 Å². The number of nitrogens with one attached hydrogen (secondary N) is 2. The molecule has 3 rings (SSSR count). The monoisotopic (exact) mass is 271 g/mol. The smallest absolute Gasteiger partial charge is 0.330 e. The van der Waals surface area contributed by atoms with Crippen molar-refractivity contribution in [3.8, 4) is 5.69 Å². The van der Waals surface area contributed by atoms with Gasteiger partial charge in [-0.2, -0.15) is 0 Å². The van der Waals surface area contributed by atoms with Crippen LogP contribution in [0.2, 0.25) is 0 Å². The van der Waals surface area contributed by atoms with Gasteiger partial charge in [0.2, 0.25) is 0 Å². The molecule has 1 aliphatic carbocycles. The first-order valence-corrected chi connectivity index (χ1v) is 7.46. The van der Waals surface area contributed by atoms with E-state index in [9.17, 15) is 4.79 Å². The Kier molecular flexibility index (Phi) is 3.90. The summed E-state index contributed by atoms with van der Waals surface area (Å²) in [4.78, 5) is 14.2. The Morgan fingerprint density at radius 2 is 1.75 bits per heavy atom. The molecule has 0 bridgehead atoms. The lowest BCUT2D eigenvalue weighted by Gasteiger charge is -2.17. The van der Waals surface area contributed by atoms with Crippen LogP contribution in [-0.2, 0) is 0 Å². The standard InChI is InChI=1S/C16H21N3O/c20-16-17-11-12-19(16)15-9-7-14(8-10-15)18-13-5-3-1-2-4-6-13/h7-13,18H,1-6H2,(H,17,20). The van der Waals surface area contributed by atoms with Gasteiger partial charge in [-0.25, -0.2) is 4.79 Å². The fraction of sp³-hybridized carbons (Fsp3) is 0.438. The van der Waals surface area contributed by atoms with Crippen LogP contribution in [0.1, 0.15) is 38.5 Å². The lowest BCUT2D eigenvalue weighted by molar-refractivity contribution is 0.620. The van der Waals surface area contributed by atoms with Gasteiger partial charge in [-0.15, -0.1) is 0 Å². The summed E-state index contributed by atoms with van der Waals surface area (Å²) in [6.45, 7) is 0. The van der Waals surface area contributed by atoms with Crippen molar-refractivity contribution >= 4 is 5.69 Å². The van der Waals surface area contributed by atoms with Crippen LogP contribution >= 0.6 is 0 Å². The van der Waals surface area contributed by atoms with E-state index < -0.39 is 0 Å². The van der Waals surface area contributed by atoms with Crippen molar-refractivity contribution in [2.75, 3.05) is 5.32 Å². The summed E-state index contributed by atoms with van der Waals surface area (Å²) >= 11 is 0. The predicted molar refractivity (Wildman–Crippen MR) is 81.5 cm³/mol. The summed E-state index contributed by atoms with van der Waals surface area (Å²) in [5.74, 6) is 0. The topological polar surface area (TPSA) is 49.8 Å². The molecule has 1 aliphatic rings. The average molecular weight is 271 g/mol. The minimum Gasteiger partial charge on any atom is -0.382 e. The van der Waals surface area contributed by atoms with E-state index in [1.54, 1.807) is 17.0 Å². The molecule has 1 saturated carbocycles. The number of nitrogens with zero attached hydrogens (tertiary/aromatic N) is 1. The molecule has 0 saturated heterocycles. The summed E-state index contributed by atoms with van der Waals surface area (Å²) in [6.07, 6.45) is 11.3. The zero-order chi connectivity index (χ0) is 13.8. The van der Waals surface area contributed by atoms with Crippen molar-refractivity contribution in [2.24, 2.45) is 0 Å². The van der Waals surface area contributed by atoms with Crippen LogP contribution in [0.3, 0.4) is 0 Å². The molecule has 1 aromatic carbocycles. The van der Waals surface area contributed by atoms with E-state index in [0.29, 0.717) is 6.04 Å². The van der Waals surface area contributed by atoms with Crippen LogP contribution in [0.5, 0.6) is 0 Å². The van der Waals surface area contributed by atoms with Crippen molar-refractivity contribution in [1.29, 1.82) is 0 Å². The van der Waals surface area contributed by atoms with Gasteiger partial charge in [-0.05, 0) is 37.1 Å². The summed E-state index contributed by atoms with van der Waals surface area (Å²) in [7, 11) is 0.